The number of amides is 1. The van der Waals surface area contributed by atoms with Gasteiger partial charge in [0.05, 0.1) is 18.8 Å². The van der Waals surface area contributed by atoms with E-state index < -0.39 is 5.95 Å². The van der Waals surface area contributed by atoms with E-state index in [2.05, 4.69) is 5.27 Å². The Bertz CT molecular complexity index is 923. The van der Waals surface area contributed by atoms with Gasteiger partial charge in [-0.1, -0.05) is 23.7 Å². The Balaban J connectivity index is 1.75. The maximum absolute atomic E-state index is 12.5. The summed E-state index contributed by atoms with van der Waals surface area (Å²) in [6.07, 6.45) is 0.204. The average Bonchev–Trinajstić information content (AvgIpc) is 3.04. The van der Waals surface area contributed by atoms with Gasteiger partial charge in [0, 0.05) is 24.2 Å². The molecule has 0 aliphatic rings. The Morgan fingerprint density at radius 3 is 2.52 bits per heavy atom. The van der Waals surface area contributed by atoms with Gasteiger partial charge in [0.25, 0.3) is 5.69 Å². The largest absolute Gasteiger partial charge is 0.539 e. The molecule has 0 atom stereocenters. The molecule has 1 heterocycles. The molecule has 27 heavy (non-hydrogen) atoms. The second-order valence-corrected chi connectivity index (χ2v) is 6.41. The molecule has 3 aromatic rings. The average molecular weight is 388 g/mol. The molecule has 0 fully saturated rings. The van der Waals surface area contributed by atoms with Crippen LogP contribution in [0.15, 0.2) is 53.1 Å². The molecule has 140 valence electrons. The Labute approximate surface area is 161 Å². The van der Waals surface area contributed by atoms with E-state index in [1.165, 1.54) is 9.58 Å². The van der Waals surface area contributed by atoms with E-state index in [4.69, 9.17) is 20.9 Å². The summed E-state index contributed by atoms with van der Waals surface area (Å²) in [6.45, 7) is 0.0702. The minimum absolute atomic E-state index is 0.0702. The van der Waals surface area contributed by atoms with Crippen LogP contribution in [0, 0.1) is 0 Å². The van der Waals surface area contributed by atoms with Crippen LogP contribution in [0.25, 0.3) is 5.69 Å². The number of benzene rings is 2. The zero-order valence-corrected chi connectivity index (χ0v) is 15.6. The highest BCUT2D eigenvalue weighted by atomic mass is 35.5. The Hall–Kier alpha value is -3.06. The first-order valence-electron chi connectivity index (χ1n) is 8.18. The summed E-state index contributed by atoms with van der Waals surface area (Å²) in [7, 11) is 3.20. The number of ether oxygens (including phenoxy) is 1. The van der Waals surface area contributed by atoms with Crippen molar-refractivity contribution in [1.82, 2.24) is 10.2 Å². The normalized spacial score (nSPS) is 10.6. The number of methoxy groups -OCH3 is 1. The molecule has 0 saturated heterocycles. The lowest BCUT2D eigenvalue weighted by atomic mass is 10.1. The zero-order valence-electron chi connectivity index (χ0n) is 14.9. The summed E-state index contributed by atoms with van der Waals surface area (Å²) in [4.78, 5) is 13.9. The topological polar surface area (TPSA) is 82.5 Å². The number of likely N-dealkylation sites (N-methyl/N-ethyl adjacent to an activating group) is 1. The highest BCUT2D eigenvalue weighted by Crippen LogP contribution is 2.16. The van der Waals surface area contributed by atoms with Crippen LogP contribution >= 0.6 is 11.6 Å². The quantitative estimate of drug-likeness (QED) is 0.603. The van der Waals surface area contributed by atoms with E-state index in [1.807, 2.05) is 0 Å². The van der Waals surface area contributed by atoms with Crippen LogP contribution in [0.1, 0.15) is 11.3 Å². The van der Waals surface area contributed by atoms with Gasteiger partial charge in [-0.3, -0.25) is 4.79 Å². The van der Waals surface area contributed by atoms with Crippen molar-refractivity contribution in [2.24, 2.45) is 0 Å². The first kappa shape index (κ1) is 18.7. The van der Waals surface area contributed by atoms with Gasteiger partial charge in [0.15, 0.2) is 5.95 Å². The van der Waals surface area contributed by atoms with E-state index in [0.29, 0.717) is 16.5 Å². The maximum atomic E-state index is 12.5. The highest BCUT2D eigenvalue weighted by Gasteiger charge is 2.23. The molecule has 1 amide bonds. The molecule has 0 saturated carbocycles. The molecule has 0 aliphatic heterocycles. The van der Waals surface area contributed by atoms with E-state index in [1.54, 1.807) is 62.7 Å². The number of hydrogen-bond donors (Lipinski definition) is 0. The third-order valence-electron chi connectivity index (χ3n) is 4.09. The molecular weight excluding hydrogens is 370 g/mol. The van der Waals surface area contributed by atoms with Crippen molar-refractivity contribution < 1.29 is 23.8 Å². The van der Waals surface area contributed by atoms with Crippen molar-refractivity contribution in [2.45, 2.75) is 13.0 Å². The smallest absolute Gasteiger partial charge is 0.259 e. The van der Waals surface area contributed by atoms with Gasteiger partial charge >= 0.3 is 0 Å². The molecule has 8 heteroatoms. The lowest BCUT2D eigenvalue weighted by Crippen LogP contribution is -2.40. The van der Waals surface area contributed by atoms with Gasteiger partial charge < -0.3 is 19.3 Å². The van der Waals surface area contributed by atoms with Crippen LogP contribution in [0.4, 0.5) is 0 Å². The number of carbonyl (C=O) groups excluding carboxylic acids is 1. The third-order valence-corrected chi connectivity index (χ3v) is 4.35. The zero-order chi connectivity index (χ0) is 19.4. The SMILES string of the molecule is COc1ccc(-[n+]2noc([O-])c2CN(C)C(=O)Cc2ccc(Cl)cc2)cc1. The number of hydrogen-bond acceptors (Lipinski definition) is 5. The Morgan fingerprint density at radius 2 is 1.89 bits per heavy atom. The minimum Gasteiger partial charge on any atom is -0.539 e. The molecule has 0 unspecified atom stereocenters. The fraction of sp³-hybridized carbons (Fsp3) is 0.211. The van der Waals surface area contributed by atoms with Crippen molar-refractivity contribution in [1.29, 1.82) is 0 Å². The summed E-state index contributed by atoms with van der Waals surface area (Å²) >= 11 is 5.86. The number of aromatic nitrogens is 2. The first-order valence-corrected chi connectivity index (χ1v) is 8.56. The van der Waals surface area contributed by atoms with Crippen molar-refractivity contribution in [2.75, 3.05) is 14.2 Å². The summed E-state index contributed by atoms with van der Waals surface area (Å²) in [5.41, 5.74) is 1.73. The highest BCUT2D eigenvalue weighted by molar-refractivity contribution is 6.30. The fourth-order valence-corrected chi connectivity index (χ4v) is 2.67. The standard InChI is InChI=1S/C19H18ClN3O4/c1-22(18(24)11-13-3-5-14(20)6-4-13)12-17-19(25)27-21-23(17)15-7-9-16(26-2)10-8-15/h3-10H,11-12H2,1-2H3. The summed E-state index contributed by atoms with van der Waals surface area (Å²) in [6, 6.07) is 14.1. The van der Waals surface area contributed by atoms with Crippen LogP contribution in [0.2, 0.25) is 5.02 Å². The van der Waals surface area contributed by atoms with Gasteiger partial charge in [-0.2, -0.15) is 0 Å². The number of nitrogens with zero attached hydrogens (tertiary/aromatic N) is 3. The fourth-order valence-electron chi connectivity index (χ4n) is 2.55. The molecule has 7 nitrogen and oxygen atoms in total. The Kier molecular flexibility index (Phi) is 5.61. The lowest BCUT2D eigenvalue weighted by molar-refractivity contribution is -0.678. The van der Waals surface area contributed by atoms with Crippen molar-refractivity contribution in [3.63, 3.8) is 0 Å². The van der Waals surface area contributed by atoms with Crippen LogP contribution < -0.4 is 14.5 Å². The predicted molar refractivity (Wildman–Crippen MR) is 95.7 cm³/mol. The second kappa shape index (κ2) is 8.09. The maximum Gasteiger partial charge on any atom is 0.259 e. The predicted octanol–water partition coefficient (Wildman–Crippen LogP) is 1.89. The molecule has 0 spiro atoms. The summed E-state index contributed by atoms with van der Waals surface area (Å²) in [5.74, 6) is -0.0434. The van der Waals surface area contributed by atoms with Crippen LogP contribution in [-0.2, 0) is 17.8 Å². The van der Waals surface area contributed by atoms with E-state index in [9.17, 15) is 9.90 Å². The van der Waals surface area contributed by atoms with Gasteiger partial charge in [-0.05, 0) is 34.5 Å². The van der Waals surface area contributed by atoms with Crippen LogP contribution in [0.3, 0.4) is 0 Å². The first-order chi connectivity index (χ1) is 13.0. The number of halogens is 1. The van der Waals surface area contributed by atoms with E-state index in [-0.39, 0.29) is 24.6 Å². The number of carbonyl (C=O) groups is 1. The molecule has 0 aliphatic carbocycles. The second-order valence-electron chi connectivity index (χ2n) is 5.97. The van der Waals surface area contributed by atoms with Gasteiger partial charge in [-0.25, -0.2) is 0 Å². The Morgan fingerprint density at radius 1 is 1.22 bits per heavy atom. The lowest BCUT2D eigenvalue weighted by Gasteiger charge is -2.15. The summed E-state index contributed by atoms with van der Waals surface area (Å²) in [5, 5.41) is 16.5. The molecule has 3 rings (SSSR count). The minimum atomic E-state index is -0.586. The molecule has 2 aromatic carbocycles. The van der Waals surface area contributed by atoms with Crippen molar-refractivity contribution >= 4 is 17.5 Å². The van der Waals surface area contributed by atoms with Crippen molar-refractivity contribution in [3.05, 3.63) is 64.8 Å². The van der Waals surface area contributed by atoms with Crippen LogP contribution in [0.5, 0.6) is 11.7 Å². The molecule has 0 radical (unpaired) electrons. The van der Waals surface area contributed by atoms with E-state index in [0.717, 1.165) is 5.56 Å². The molecule has 0 N–H and O–H groups in total. The van der Waals surface area contributed by atoms with Gasteiger partial charge in [0.2, 0.25) is 11.6 Å². The van der Waals surface area contributed by atoms with Crippen LogP contribution in [-0.4, -0.2) is 30.2 Å². The van der Waals surface area contributed by atoms with Crippen molar-refractivity contribution in [3.8, 4) is 17.4 Å². The molecular formula is C19H18ClN3O4. The monoisotopic (exact) mass is 387 g/mol. The summed E-state index contributed by atoms with van der Waals surface area (Å²) < 4.78 is 11.3. The third kappa shape index (κ3) is 4.38. The molecule has 0 bridgehead atoms. The van der Waals surface area contributed by atoms with Gasteiger partial charge in [0.1, 0.15) is 12.3 Å². The van der Waals surface area contributed by atoms with Gasteiger partial charge in [-0.15, -0.1) is 0 Å². The number of rotatable bonds is 6. The van der Waals surface area contributed by atoms with E-state index >= 15 is 0 Å². The molecule has 1 aromatic heterocycles.